The van der Waals surface area contributed by atoms with Gasteiger partial charge in [-0.25, -0.2) is 4.98 Å². The molecule has 1 aliphatic carbocycles. The van der Waals surface area contributed by atoms with Crippen LogP contribution < -0.4 is 15.0 Å². The smallest absolute Gasteiger partial charge is 0.228 e. The summed E-state index contributed by atoms with van der Waals surface area (Å²) in [5, 5.41) is 9.07. The molecule has 1 aromatic heterocycles. The first-order valence-electron chi connectivity index (χ1n) is 10.7. The standard InChI is InChI=1S/C26H25N3O3/c1-26(2)13-19(30)22-20(14-26)32-25-23(21(22)16-7-5-4-6-8-16)24(27)29(15-28-25)17-9-11-18(31-3)12-10-17/h4-12,15,21,27H,13-14H2,1-3H3. The Hall–Kier alpha value is -3.67. The van der Waals surface area contributed by atoms with Crippen LogP contribution in [0.5, 0.6) is 11.6 Å². The zero-order chi connectivity index (χ0) is 22.5. The maximum atomic E-state index is 13.3. The number of carbonyl (C=O) groups excluding carboxylic acids is 1. The van der Waals surface area contributed by atoms with Gasteiger partial charge in [-0.2, -0.15) is 0 Å². The molecule has 6 nitrogen and oxygen atoms in total. The van der Waals surface area contributed by atoms with Crippen molar-refractivity contribution in [3.63, 3.8) is 0 Å². The molecule has 0 radical (unpaired) electrons. The highest BCUT2D eigenvalue weighted by atomic mass is 16.5. The summed E-state index contributed by atoms with van der Waals surface area (Å²) in [4.78, 5) is 17.9. The van der Waals surface area contributed by atoms with Gasteiger partial charge >= 0.3 is 0 Å². The summed E-state index contributed by atoms with van der Waals surface area (Å²) in [6, 6.07) is 17.3. The molecule has 1 atom stereocenters. The molecule has 0 bridgehead atoms. The molecule has 5 rings (SSSR count). The van der Waals surface area contributed by atoms with E-state index in [4.69, 9.17) is 14.9 Å². The van der Waals surface area contributed by atoms with Gasteiger partial charge in [-0.3, -0.25) is 14.8 Å². The zero-order valence-corrected chi connectivity index (χ0v) is 18.4. The van der Waals surface area contributed by atoms with Gasteiger partial charge in [0.15, 0.2) is 5.78 Å². The molecule has 3 aromatic rings. The Bertz CT molecular complexity index is 1290. The Morgan fingerprint density at radius 1 is 1.09 bits per heavy atom. The third kappa shape index (κ3) is 3.32. The van der Waals surface area contributed by atoms with Crippen molar-refractivity contribution in [2.45, 2.75) is 32.6 Å². The monoisotopic (exact) mass is 427 g/mol. The van der Waals surface area contributed by atoms with Crippen LogP contribution in [0.3, 0.4) is 0 Å². The number of methoxy groups -OCH3 is 1. The van der Waals surface area contributed by atoms with E-state index in [2.05, 4.69) is 18.8 Å². The second-order valence-corrected chi connectivity index (χ2v) is 9.10. The average Bonchev–Trinajstić information content (AvgIpc) is 2.78. The van der Waals surface area contributed by atoms with Gasteiger partial charge < -0.3 is 9.47 Å². The summed E-state index contributed by atoms with van der Waals surface area (Å²) in [5.74, 6) is 1.52. The molecule has 2 aliphatic rings. The number of ether oxygens (including phenoxy) is 2. The molecule has 0 saturated carbocycles. The number of fused-ring (bicyclic) bond motifs is 1. The molecule has 1 N–H and O–H groups in total. The third-order valence-electron chi connectivity index (χ3n) is 6.18. The van der Waals surface area contributed by atoms with Crippen molar-refractivity contribution in [1.82, 2.24) is 9.55 Å². The number of Topliss-reactive ketones (excluding diaryl/α,β-unsaturated/α-hetero) is 1. The summed E-state index contributed by atoms with van der Waals surface area (Å²) < 4.78 is 13.2. The maximum absolute atomic E-state index is 13.3. The molecule has 162 valence electrons. The number of hydrogen-bond donors (Lipinski definition) is 1. The number of nitrogens with one attached hydrogen (secondary N) is 1. The van der Waals surface area contributed by atoms with Crippen LogP contribution in [-0.4, -0.2) is 22.4 Å². The molecular weight excluding hydrogens is 402 g/mol. The molecule has 0 fully saturated rings. The Labute approximate surface area is 186 Å². The van der Waals surface area contributed by atoms with Crippen LogP contribution in [0, 0.1) is 10.8 Å². The number of rotatable bonds is 3. The third-order valence-corrected chi connectivity index (χ3v) is 6.18. The molecular formula is C26H25N3O3. The highest BCUT2D eigenvalue weighted by Crippen LogP contribution is 2.48. The van der Waals surface area contributed by atoms with Crippen molar-refractivity contribution in [1.29, 1.82) is 5.41 Å². The minimum absolute atomic E-state index is 0.0787. The lowest BCUT2D eigenvalue weighted by Gasteiger charge is -2.37. The molecule has 0 amide bonds. The van der Waals surface area contributed by atoms with Crippen molar-refractivity contribution in [2.24, 2.45) is 5.41 Å². The van der Waals surface area contributed by atoms with Crippen molar-refractivity contribution < 1.29 is 14.3 Å². The molecule has 0 spiro atoms. The molecule has 2 heterocycles. The Morgan fingerprint density at radius 2 is 1.81 bits per heavy atom. The Morgan fingerprint density at radius 3 is 2.50 bits per heavy atom. The number of nitrogens with zero attached hydrogens (tertiary/aromatic N) is 2. The minimum Gasteiger partial charge on any atom is -0.497 e. The first-order chi connectivity index (χ1) is 15.4. The van der Waals surface area contributed by atoms with E-state index in [9.17, 15) is 4.79 Å². The summed E-state index contributed by atoms with van der Waals surface area (Å²) >= 11 is 0. The summed E-state index contributed by atoms with van der Waals surface area (Å²) in [5.41, 5.74) is 3.09. The molecule has 1 unspecified atom stereocenters. The van der Waals surface area contributed by atoms with Gasteiger partial charge in [0.25, 0.3) is 0 Å². The number of benzene rings is 2. The van der Waals surface area contributed by atoms with E-state index in [0.717, 1.165) is 17.0 Å². The zero-order valence-electron chi connectivity index (χ0n) is 18.4. The van der Waals surface area contributed by atoms with Crippen molar-refractivity contribution >= 4 is 5.78 Å². The number of carbonyl (C=O) groups is 1. The van der Waals surface area contributed by atoms with Gasteiger partial charge in [-0.15, -0.1) is 0 Å². The van der Waals surface area contributed by atoms with Gasteiger partial charge in [0.05, 0.1) is 12.7 Å². The highest BCUT2D eigenvalue weighted by Gasteiger charge is 2.43. The van der Waals surface area contributed by atoms with E-state index >= 15 is 0 Å². The lowest BCUT2D eigenvalue weighted by atomic mass is 9.70. The summed E-state index contributed by atoms with van der Waals surface area (Å²) in [6.45, 7) is 4.16. The lowest BCUT2D eigenvalue weighted by molar-refractivity contribution is -0.118. The Balaban J connectivity index is 1.72. The SMILES string of the molecule is COc1ccc(-n2cnc3c(c2=N)C(c2ccccc2)C2=C(CC(C)(C)CC2=O)O3)cc1. The fraction of sp³-hybridized carbons (Fsp3) is 0.269. The predicted octanol–water partition coefficient (Wildman–Crippen LogP) is 4.53. The van der Waals surface area contributed by atoms with Crippen molar-refractivity contribution in [3.8, 4) is 17.3 Å². The van der Waals surface area contributed by atoms with Crippen molar-refractivity contribution in [3.05, 3.63) is 88.9 Å². The molecule has 0 saturated heterocycles. The van der Waals surface area contributed by atoms with E-state index < -0.39 is 0 Å². The van der Waals surface area contributed by atoms with Crippen LogP contribution in [-0.2, 0) is 4.79 Å². The quantitative estimate of drug-likeness (QED) is 0.666. The number of aromatic nitrogens is 2. The van der Waals surface area contributed by atoms with E-state index in [-0.39, 0.29) is 22.6 Å². The lowest BCUT2D eigenvalue weighted by Crippen LogP contribution is -2.37. The van der Waals surface area contributed by atoms with Crippen LogP contribution in [0.1, 0.15) is 43.7 Å². The molecule has 1 aliphatic heterocycles. The largest absolute Gasteiger partial charge is 0.497 e. The van der Waals surface area contributed by atoms with Gasteiger partial charge in [0, 0.05) is 30.0 Å². The highest BCUT2D eigenvalue weighted by molar-refractivity contribution is 6.00. The molecule has 6 heteroatoms. The molecule has 32 heavy (non-hydrogen) atoms. The first-order valence-corrected chi connectivity index (χ1v) is 10.7. The van der Waals surface area contributed by atoms with E-state index in [1.54, 1.807) is 18.0 Å². The maximum Gasteiger partial charge on any atom is 0.228 e. The fourth-order valence-electron chi connectivity index (χ4n) is 4.68. The molecule has 2 aromatic carbocycles. The first kappa shape index (κ1) is 20.2. The number of ketones is 1. The second kappa shape index (κ2) is 7.48. The average molecular weight is 428 g/mol. The van der Waals surface area contributed by atoms with E-state index in [0.29, 0.717) is 35.6 Å². The van der Waals surface area contributed by atoms with Crippen LogP contribution >= 0.6 is 0 Å². The van der Waals surface area contributed by atoms with E-state index in [1.807, 2.05) is 54.6 Å². The summed E-state index contributed by atoms with van der Waals surface area (Å²) in [6.07, 6.45) is 2.73. The van der Waals surface area contributed by atoms with E-state index in [1.165, 1.54) is 0 Å². The minimum atomic E-state index is -0.385. The van der Waals surface area contributed by atoms with Gasteiger partial charge in [-0.05, 0) is 35.2 Å². The van der Waals surface area contributed by atoms with Crippen LogP contribution in [0.4, 0.5) is 0 Å². The predicted molar refractivity (Wildman–Crippen MR) is 120 cm³/mol. The van der Waals surface area contributed by atoms with Crippen molar-refractivity contribution in [2.75, 3.05) is 7.11 Å². The fourth-order valence-corrected chi connectivity index (χ4v) is 4.68. The Kier molecular flexibility index (Phi) is 4.73. The van der Waals surface area contributed by atoms with Crippen LogP contribution in [0.15, 0.2) is 72.3 Å². The van der Waals surface area contributed by atoms with Crippen LogP contribution in [0.2, 0.25) is 0 Å². The topological polar surface area (TPSA) is 77.2 Å². The van der Waals surface area contributed by atoms with Gasteiger partial charge in [0.1, 0.15) is 23.3 Å². The summed E-state index contributed by atoms with van der Waals surface area (Å²) in [7, 11) is 1.62. The van der Waals surface area contributed by atoms with Crippen LogP contribution in [0.25, 0.3) is 5.69 Å². The second-order valence-electron chi connectivity index (χ2n) is 9.10. The number of allylic oxidation sites excluding steroid dienone is 2. The van der Waals surface area contributed by atoms with Gasteiger partial charge in [0.2, 0.25) is 5.88 Å². The van der Waals surface area contributed by atoms with Gasteiger partial charge in [-0.1, -0.05) is 44.2 Å². The normalized spacial score (nSPS) is 19.1. The number of hydrogen-bond acceptors (Lipinski definition) is 5.